The third-order valence-corrected chi connectivity index (χ3v) is 4.80. The standard InChI is InChI=1S/C16H11F2NOS2/c17-12-4-3-10(8-13(12)18)16(20)19-15(11-5-7-21-9-11)14-2-1-6-22-14/h1-9,15H,(H,19,20)/t15-/m0/s1. The minimum absolute atomic E-state index is 0.0932. The molecule has 0 aliphatic heterocycles. The topological polar surface area (TPSA) is 29.1 Å². The molecule has 6 heteroatoms. The van der Waals surface area contributed by atoms with Crippen molar-refractivity contribution in [3.8, 4) is 0 Å². The summed E-state index contributed by atoms with van der Waals surface area (Å²) in [5.41, 5.74) is 1.05. The Balaban J connectivity index is 1.87. The van der Waals surface area contributed by atoms with E-state index in [0.29, 0.717) is 0 Å². The van der Waals surface area contributed by atoms with Crippen LogP contribution in [-0.2, 0) is 0 Å². The van der Waals surface area contributed by atoms with Gasteiger partial charge in [-0.05, 0) is 52.0 Å². The van der Waals surface area contributed by atoms with Crippen LogP contribution >= 0.6 is 22.7 Å². The number of benzene rings is 1. The van der Waals surface area contributed by atoms with Crippen LogP contribution in [0.4, 0.5) is 8.78 Å². The van der Waals surface area contributed by atoms with Gasteiger partial charge in [0, 0.05) is 10.4 Å². The average Bonchev–Trinajstić information content (AvgIpc) is 3.20. The van der Waals surface area contributed by atoms with Crippen molar-refractivity contribution in [2.24, 2.45) is 0 Å². The number of hydrogen-bond donors (Lipinski definition) is 1. The molecule has 112 valence electrons. The van der Waals surface area contributed by atoms with Crippen LogP contribution in [0.2, 0.25) is 0 Å². The monoisotopic (exact) mass is 335 g/mol. The van der Waals surface area contributed by atoms with E-state index in [-0.39, 0.29) is 11.6 Å². The van der Waals surface area contributed by atoms with Crippen molar-refractivity contribution in [1.29, 1.82) is 0 Å². The molecule has 1 atom stereocenters. The van der Waals surface area contributed by atoms with Gasteiger partial charge in [0.25, 0.3) is 5.91 Å². The lowest BCUT2D eigenvalue weighted by molar-refractivity contribution is 0.0943. The van der Waals surface area contributed by atoms with Gasteiger partial charge in [-0.2, -0.15) is 11.3 Å². The first-order valence-corrected chi connectivity index (χ1v) is 8.29. The molecule has 0 aliphatic rings. The highest BCUT2D eigenvalue weighted by molar-refractivity contribution is 7.10. The molecule has 0 radical (unpaired) electrons. The van der Waals surface area contributed by atoms with Crippen molar-refractivity contribution in [2.45, 2.75) is 6.04 Å². The number of nitrogens with one attached hydrogen (secondary N) is 1. The zero-order valence-corrected chi connectivity index (χ0v) is 12.9. The van der Waals surface area contributed by atoms with Crippen LogP contribution in [-0.4, -0.2) is 5.91 Å². The number of rotatable bonds is 4. The molecule has 3 rings (SSSR count). The normalized spacial score (nSPS) is 12.1. The molecule has 0 bridgehead atoms. The van der Waals surface area contributed by atoms with E-state index in [0.717, 1.165) is 22.6 Å². The summed E-state index contributed by atoms with van der Waals surface area (Å²) in [4.78, 5) is 13.3. The Morgan fingerprint density at radius 1 is 1.09 bits per heavy atom. The molecule has 3 aromatic rings. The summed E-state index contributed by atoms with van der Waals surface area (Å²) in [7, 11) is 0. The van der Waals surface area contributed by atoms with E-state index in [9.17, 15) is 13.6 Å². The van der Waals surface area contributed by atoms with E-state index in [2.05, 4.69) is 5.32 Å². The Morgan fingerprint density at radius 3 is 2.59 bits per heavy atom. The van der Waals surface area contributed by atoms with Crippen molar-refractivity contribution in [1.82, 2.24) is 5.32 Å². The Bertz CT molecular complexity index is 735. The third kappa shape index (κ3) is 3.08. The summed E-state index contributed by atoms with van der Waals surface area (Å²) in [5.74, 6) is -2.44. The lowest BCUT2D eigenvalue weighted by atomic mass is 10.1. The van der Waals surface area contributed by atoms with Crippen LogP contribution in [0.25, 0.3) is 0 Å². The highest BCUT2D eigenvalue weighted by Gasteiger charge is 2.19. The van der Waals surface area contributed by atoms with E-state index >= 15 is 0 Å². The van der Waals surface area contributed by atoms with E-state index in [4.69, 9.17) is 0 Å². The van der Waals surface area contributed by atoms with Crippen molar-refractivity contribution in [3.63, 3.8) is 0 Å². The summed E-state index contributed by atoms with van der Waals surface area (Å²) < 4.78 is 26.2. The summed E-state index contributed by atoms with van der Waals surface area (Å²) in [6, 6.07) is 8.60. The van der Waals surface area contributed by atoms with Crippen molar-refractivity contribution in [2.75, 3.05) is 0 Å². The van der Waals surface area contributed by atoms with E-state index < -0.39 is 17.5 Å². The molecule has 0 saturated heterocycles. The average molecular weight is 335 g/mol. The fourth-order valence-corrected chi connectivity index (χ4v) is 3.55. The van der Waals surface area contributed by atoms with Crippen LogP contribution in [0, 0.1) is 11.6 Å². The molecule has 2 heterocycles. The van der Waals surface area contributed by atoms with Crippen LogP contribution < -0.4 is 5.32 Å². The molecule has 0 aliphatic carbocycles. The second-order valence-corrected chi connectivity index (χ2v) is 6.37. The first-order valence-electron chi connectivity index (χ1n) is 6.46. The minimum Gasteiger partial charge on any atom is -0.340 e. The van der Waals surface area contributed by atoms with E-state index in [1.165, 1.54) is 28.7 Å². The summed E-state index contributed by atoms with van der Waals surface area (Å²) in [6.07, 6.45) is 0. The van der Waals surface area contributed by atoms with Crippen molar-refractivity contribution < 1.29 is 13.6 Å². The van der Waals surface area contributed by atoms with Gasteiger partial charge in [0.05, 0.1) is 6.04 Å². The molecular weight excluding hydrogens is 324 g/mol. The molecular formula is C16H11F2NOS2. The van der Waals surface area contributed by atoms with Crippen molar-refractivity contribution in [3.05, 3.63) is 80.2 Å². The molecule has 1 N–H and O–H groups in total. The van der Waals surface area contributed by atoms with Gasteiger partial charge in [0.2, 0.25) is 0 Å². The molecule has 0 fully saturated rings. The maximum absolute atomic E-state index is 13.3. The minimum atomic E-state index is -1.03. The van der Waals surface area contributed by atoms with E-state index in [1.54, 1.807) is 0 Å². The maximum atomic E-state index is 13.3. The first-order chi connectivity index (χ1) is 10.6. The van der Waals surface area contributed by atoms with Gasteiger partial charge in [-0.3, -0.25) is 4.79 Å². The molecule has 0 unspecified atom stereocenters. The molecule has 0 saturated carbocycles. The van der Waals surface area contributed by atoms with Gasteiger partial charge in [0.1, 0.15) is 0 Å². The summed E-state index contributed by atoms with van der Waals surface area (Å²) in [5, 5.41) is 8.69. The second-order valence-electron chi connectivity index (χ2n) is 4.61. The highest BCUT2D eigenvalue weighted by Crippen LogP contribution is 2.28. The van der Waals surface area contributed by atoms with Gasteiger partial charge >= 0.3 is 0 Å². The zero-order chi connectivity index (χ0) is 15.5. The molecule has 0 spiro atoms. The number of halogens is 2. The third-order valence-electron chi connectivity index (χ3n) is 3.16. The number of carbonyl (C=O) groups is 1. The number of amides is 1. The number of carbonyl (C=O) groups excluding carboxylic acids is 1. The predicted octanol–water partition coefficient (Wildman–Crippen LogP) is 4.61. The number of thiophene rings is 2. The summed E-state index contributed by atoms with van der Waals surface area (Å²) in [6.45, 7) is 0. The number of hydrogen-bond acceptors (Lipinski definition) is 3. The van der Waals surface area contributed by atoms with Crippen molar-refractivity contribution >= 4 is 28.6 Å². The zero-order valence-electron chi connectivity index (χ0n) is 11.3. The molecule has 22 heavy (non-hydrogen) atoms. The molecule has 1 amide bonds. The quantitative estimate of drug-likeness (QED) is 0.741. The highest BCUT2D eigenvalue weighted by atomic mass is 32.1. The Hall–Kier alpha value is -2.05. The summed E-state index contributed by atoms with van der Waals surface area (Å²) >= 11 is 3.06. The second kappa shape index (κ2) is 6.37. The van der Waals surface area contributed by atoms with Gasteiger partial charge in [-0.15, -0.1) is 11.3 Å². The first kappa shape index (κ1) is 14.9. The van der Waals surface area contributed by atoms with Gasteiger partial charge in [-0.1, -0.05) is 6.07 Å². The van der Waals surface area contributed by atoms with Crippen LogP contribution in [0.15, 0.2) is 52.5 Å². The molecule has 2 aromatic heterocycles. The Kier molecular flexibility index (Phi) is 4.31. The van der Waals surface area contributed by atoms with E-state index in [1.807, 2.05) is 34.3 Å². The van der Waals surface area contributed by atoms with Crippen LogP contribution in [0.5, 0.6) is 0 Å². The smallest absolute Gasteiger partial charge is 0.252 e. The maximum Gasteiger partial charge on any atom is 0.252 e. The molecule has 1 aromatic carbocycles. The Labute approximate surface area is 134 Å². The molecule has 2 nitrogen and oxygen atoms in total. The van der Waals surface area contributed by atoms with Crippen LogP contribution in [0.3, 0.4) is 0 Å². The van der Waals surface area contributed by atoms with Gasteiger partial charge in [-0.25, -0.2) is 8.78 Å². The van der Waals surface area contributed by atoms with Gasteiger partial charge < -0.3 is 5.32 Å². The van der Waals surface area contributed by atoms with Crippen LogP contribution in [0.1, 0.15) is 26.8 Å². The fraction of sp³-hybridized carbons (Fsp3) is 0.0625. The predicted molar refractivity (Wildman–Crippen MR) is 84.3 cm³/mol. The largest absolute Gasteiger partial charge is 0.340 e. The lowest BCUT2D eigenvalue weighted by Gasteiger charge is -2.16. The van der Waals surface area contributed by atoms with Gasteiger partial charge in [0.15, 0.2) is 11.6 Å². The fourth-order valence-electron chi connectivity index (χ4n) is 2.07. The Morgan fingerprint density at radius 2 is 1.95 bits per heavy atom. The SMILES string of the molecule is O=C(N[C@@H](c1ccsc1)c1cccs1)c1ccc(F)c(F)c1. The lowest BCUT2D eigenvalue weighted by Crippen LogP contribution is -2.28.